The van der Waals surface area contributed by atoms with Gasteiger partial charge in [0.05, 0.1) is 17.9 Å². The fourth-order valence-electron chi connectivity index (χ4n) is 3.53. The first-order valence-corrected chi connectivity index (χ1v) is 16.9. The van der Waals surface area contributed by atoms with Crippen LogP contribution < -0.4 is 15.0 Å². The molecule has 0 aliphatic carbocycles. The average molecular weight is 662 g/mol. The summed E-state index contributed by atoms with van der Waals surface area (Å²) in [5, 5.41) is 16.4. The zero-order chi connectivity index (χ0) is 30.2. The summed E-state index contributed by atoms with van der Waals surface area (Å²) < 4.78 is 33.4. The molecule has 0 bridgehead atoms. The molecule has 10 nitrogen and oxygen atoms in total. The normalized spacial score (nSPS) is 10.8. The Kier molecular flexibility index (Phi) is 11.2. The molecule has 1 heterocycles. The number of anilines is 3. The zero-order valence-electron chi connectivity index (χ0n) is 22.4. The molecule has 3 aromatic carbocycles. The SMILES string of the molecule is CC(=O)Nc1ccc([As](=O)(O)O)c(O)c1.CCCOC(=O)c1cccc(Nc2nc(-c3cccc(Cl)c3)c(C)s2)c1. The van der Waals surface area contributed by atoms with Gasteiger partial charge < -0.3 is 10.1 Å². The molecule has 1 amide bonds. The zero-order valence-corrected chi connectivity index (χ0v) is 25.9. The van der Waals surface area contributed by atoms with Crippen molar-refractivity contribution in [2.24, 2.45) is 0 Å². The molecular formula is C28H29AsClN3O7S. The van der Waals surface area contributed by atoms with E-state index in [4.69, 9.17) is 24.5 Å². The number of nitrogens with zero attached hydrogens (tertiary/aromatic N) is 1. The van der Waals surface area contributed by atoms with Crippen LogP contribution >= 0.6 is 22.9 Å². The van der Waals surface area contributed by atoms with E-state index in [0.29, 0.717) is 17.2 Å². The Morgan fingerprint density at radius 1 is 1.05 bits per heavy atom. The van der Waals surface area contributed by atoms with Crippen LogP contribution in [0.4, 0.5) is 16.5 Å². The predicted molar refractivity (Wildman–Crippen MR) is 161 cm³/mol. The van der Waals surface area contributed by atoms with Crippen molar-refractivity contribution in [1.29, 1.82) is 0 Å². The summed E-state index contributed by atoms with van der Waals surface area (Å²) in [6, 6.07) is 18.4. The van der Waals surface area contributed by atoms with Gasteiger partial charge in [-0.2, -0.15) is 0 Å². The number of ether oxygens (including phenoxy) is 1. The van der Waals surface area contributed by atoms with Crippen LogP contribution in [0.25, 0.3) is 11.3 Å². The van der Waals surface area contributed by atoms with E-state index >= 15 is 0 Å². The molecule has 0 aliphatic rings. The third-order valence-electron chi connectivity index (χ3n) is 5.29. The predicted octanol–water partition coefficient (Wildman–Crippen LogP) is 4.99. The largest absolute Gasteiger partial charge is 0.462 e. The smallest absolute Gasteiger partial charge is 0.338 e. The van der Waals surface area contributed by atoms with E-state index in [1.54, 1.807) is 23.5 Å². The molecule has 0 unspecified atom stereocenters. The number of hydrogen-bond donors (Lipinski definition) is 5. The summed E-state index contributed by atoms with van der Waals surface area (Å²) in [5.74, 6) is -1.16. The first kappa shape index (κ1) is 31.9. The van der Waals surface area contributed by atoms with E-state index in [1.807, 2.05) is 50.2 Å². The second kappa shape index (κ2) is 14.3. The summed E-state index contributed by atoms with van der Waals surface area (Å²) in [6.07, 6.45) is 0.800. The molecular weight excluding hydrogens is 633 g/mol. The molecule has 0 atom stereocenters. The first-order valence-electron chi connectivity index (χ1n) is 12.3. The fraction of sp³-hybridized carbons (Fsp3) is 0.179. The standard InChI is InChI=1S/C20H19ClN2O2S.C8H10AsNO5/c1-3-10-25-19(24)15-7-5-9-17(12-15)22-20-23-18(13(2)26-20)14-6-4-8-16(21)11-14;1-5(11)10-6-2-3-7(8(12)4-6)9(13,14)15/h4-9,11-12H,3,10H2,1-2H3,(H,22,23);2-4,12H,1H3,(H,10,11)(H2,13,14,15). The number of carbonyl (C=O) groups excluding carboxylic acids is 2. The Morgan fingerprint density at radius 2 is 1.78 bits per heavy atom. The summed E-state index contributed by atoms with van der Waals surface area (Å²) in [7, 11) is 0. The minimum absolute atomic E-state index is 0.285. The number of aromatic nitrogens is 1. The van der Waals surface area contributed by atoms with Crippen molar-refractivity contribution in [2.75, 3.05) is 17.2 Å². The van der Waals surface area contributed by atoms with Gasteiger partial charge in [0.25, 0.3) is 0 Å². The van der Waals surface area contributed by atoms with Gasteiger partial charge in [0.2, 0.25) is 0 Å². The van der Waals surface area contributed by atoms with Crippen LogP contribution in [0.15, 0.2) is 66.7 Å². The summed E-state index contributed by atoms with van der Waals surface area (Å²) >= 11 is 2.55. The van der Waals surface area contributed by atoms with Gasteiger partial charge in [0.15, 0.2) is 5.13 Å². The van der Waals surface area contributed by atoms with Gasteiger partial charge in [-0.05, 0) is 43.7 Å². The number of rotatable bonds is 8. The Morgan fingerprint density at radius 3 is 2.41 bits per heavy atom. The number of hydrogen-bond acceptors (Lipinski definition) is 8. The number of halogens is 1. The molecule has 13 heteroatoms. The van der Waals surface area contributed by atoms with E-state index in [9.17, 15) is 18.4 Å². The summed E-state index contributed by atoms with van der Waals surface area (Å²) in [4.78, 5) is 28.4. The van der Waals surface area contributed by atoms with E-state index in [2.05, 4.69) is 15.6 Å². The molecule has 4 rings (SSSR count). The molecule has 0 fully saturated rings. The second-order valence-electron chi connectivity index (χ2n) is 8.70. The van der Waals surface area contributed by atoms with Crippen molar-refractivity contribution in [1.82, 2.24) is 4.98 Å². The van der Waals surface area contributed by atoms with Crippen LogP contribution in [-0.2, 0) is 13.3 Å². The van der Waals surface area contributed by atoms with E-state index in [-0.39, 0.29) is 17.6 Å². The fourth-order valence-corrected chi connectivity index (χ4v) is 5.90. The van der Waals surface area contributed by atoms with Crippen molar-refractivity contribution in [3.8, 4) is 17.0 Å². The maximum absolute atomic E-state index is 12.0. The number of phenolic OH excluding ortho intramolecular Hbond substituents is 1. The van der Waals surface area contributed by atoms with Gasteiger partial charge >= 0.3 is 94.1 Å². The van der Waals surface area contributed by atoms with Crippen molar-refractivity contribution in [3.63, 3.8) is 0 Å². The van der Waals surface area contributed by atoms with Crippen LogP contribution in [0.1, 0.15) is 35.5 Å². The molecule has 4 aromatic rings. The molecule has 0 saturated carbocycles. The van der Waals surface area contributed by atoms with E-state index in [0.717, 1.165) is 45.5 Å². The Labute approximate surface area is 249 Å². The van der Waals surface area contributed by atoms with Gasteiger partial charge in [-0.1, -0.05) is 36.7 Å². The number of aryl methyl sites for hydroxylation is 1. The number of benzene rings is 3. The second-order valence-corrected chi connectivity index (χ2v) is 13.6. The Hall–Kier alpha value is -3.60. The number of nitrogens with one attached hydrogen (secondary N) is 2. The number of carbonyl (C=O) groups is 2. The van der Waals surface area contributed by atoms with Gasteiger partial charge in [-0.25, -0.2) is 9.78 Å². The molecule has 41 heavy (non-hydrogen) atoms. The van der Waals surface area contributed by atoms with Crippen LogP contribution in [0.5, 0.6) is 5.75 Å². The molecule has 216 valence electrons. The number of phenols is 1. The van der Waals surface area contributed by atoms with Crippen molar-refractivity contribution >= 4 is 69.8 Å². The average Bonchev–Trinajstić information content (AvgIpc) is 3.26. The molecule has 1 aromatic heterocycles. The third-order valence-corrected chi connectivity index (χ3v) is 8.52. The number of thiazole rings is 1. The molecule has 0 aliphatic heterocycles. The summed E-state index contributed by atoms with van der Waals surface area (Å²) in [6.45, 7) is 5.70. The maximum Gasteiger partial charge on any atom is 0.338 e. The quantitative estimate of drug-likeness (QED) is 0.130. The van der Waals surface area contributed by atoms with Crippen LogP contribution in [-0.4, -0.2) is 50.9 Å². The third kappa shape index (κ3) is 9.48. The Bertz CT molecular complexity index is 1590. The molecule has 5 N–H and O–H groups in total. The minimum Gasteiger partial charge on any atom is -0.462 e. The van der Waals surface area contributed by atoms with Crippen LogP contribution in [0.2, 0.25) is 5.02 Å². The topological polar surface area (TPSA) is 158 Å². The van der Waals surface area contributed by atoms with Crippen molar-refractivity contribution < 1.29 is 31.4 Å². The van der Waals surface area contributed by atoms with Crippen molar-refractivity contribution in [3.05, 3.63) is 82.2 Å². The van der Waals surface area contributed by atoms with Crippen LogP contribution in [0.3, 0.4) is 0 Å². The first-order chi connectivity index (χ1) is 19.4. The molecule has 0 saturated heterocycles. The van der Waals surface area contributed by atoms with E-state index < -0.39 is 24.3 Å². The van der Waals surface area contributed by atoms with E-state index in [1.165, 1.54) is 13.0 Å². The monoisotopic (exact) mass is 661 g/mol. The number of aromatic hydroxyl groups is 1. The van der Waals surface area contributed by atoms with Crippen LogP contribution in [0, 0.1) is 6.92 Å². The van der Waals surface area contributed by atoms with Gasteiger partial charge in [0, 0.05) is 21.2 Å². The molecule has 0 spiro atoms. The Balaban J connectivity index is 0.000000263. The maximum atomic E-state index is 12.0. The van der Waals surface area contributed by atoms with Gasteiger partial charge in [0.1, 0.15) is 0 Å². The number of esters is 1. The van der Waals surface area contributed by atoms with Crippen molar-refractivity contribution in [2.45, 2.75) is 27.2 Å². The van der Waals surface area contributed by atoms with Gasteiger partial charge in [-0.15, -0.1) is 11.3 Å². The summed E-state index contributed by atoms with van der Waals surface area (Å²) in [5.41, 5.74) is 3.48. The minimum atomic E-state index is -5.09. The number of amides is 1. The molecule has 0 radical (unpaired) electrons. The van der Waals surface area contributed by atoms with Gasteiger partial charge in [-0.3, -0.25) is 0 Å².